The fourth-order valence-corrected chi connectivity index (χ4v) is 4.61. The smallest absolute Gasteiger partial charge is 0.207 e. The standard InChI is InChI=1S/C22H27NO2S/c1-17(2)15-22(16-18(3)4,20-9-7-6-8-10-20)23-26(24,25)21-13-11-19(5)12-14-21/h6-14,23H,1,3,15-16H2,2,4-5H3. The Hall–Kier alpha value is -2.17. The van der Waals surface area contributed by atoms with E-state index in [4.69, 9.17) is 0 Å². The van der Waals surface area contributed by atoms with Crippen molar-refractivity contribution in [2.24, 2.45) is 0 Å². The van der Waals surface area contributed by atoms with Crippen molar-refractivity contribution in [2.75, 3.05) is 0 Å². The van der Waals surface area contributed by atoms with Crippen LogP contribution in [0.25, 0.3) is 0 Å². The molecule has 0 atom stereocenters. The van der Waals surface area contributed by atoms with Gasteiger partial charge in [0.05, 0.1) is 10.4 Å². The van der Waals surface area contributed by atoms with Crippen LogP contribution in [-0.2, 0) is 15.6 Å². The van der Waals surface area contributed by atoms with Crippen LogP contribution in [-0.4, -0.2) is 8.42 Å². The lowest BCUT2D eigenvalue weighted by Crippen LogP contribution is -2.46. The van der Waals surface area contributed by atoms with Crippen LogP contribution in [0.4, 0.5) is 0 Å². The second-order valence-electron chi connectivity index (χ2n) is 7.13. The molecule has 3 nitrogen and oxygen atoms in total. The Balaban J connectivity index is 2.56. The average molecular weight is 370 g/mol. The van der Waals surface area contributed by atoms with Gasteiger partial charge in [-0.1, -0.05) is 59.2 Å². The molecule has 0 aliphatic rings. The molecule has 0 aromatic heterocycles. The molecule has 26 heavy (non-hydrogen) atoms. The molecular weight excluding hydrogens is 342 g/mol. The summed E-state index contributed by atoms with van der Waals surface area (Å²) in [6.45, 7) is 13.8. The molecule has 2 aromatic carbocycles. The van der Waals surface area contributed by atoms with Crippen molar-refractivity contribution in [1.82, 2.24) is 4.72 Å². The van der Waals surface area contributed by atoms with E-state index in [9.17, 15) is 8.42 Å². The Bertz CT molecular complexity index is 865. The summed E-state index contributed by atoms with van der Waals surface area (Å²) < 4.78 is 29.2. The fraction of sp³-hybridized carbons (Fsp3) is 0.273. The van der Waals surface area contributed by atoms with E-state index in [1.165, 1.54) is 0 Å². The molecule has 0 aliphatic carbocycles. The van der Waals surface area contributed by atoms with Crippen LogP contribution in [0.5, 0.6) is 0 Å². The van der Waals surface area contributed by atoms with Gasteiger partial charge >= 0.3 is 0 Å². The van der Waals surface area contributed by atoms with Gasteiger partial charge in [0.25, 0.3) is 0 Å². The first-order valence-corrected chi connectivity index (χ1v) is 10.1. The number of hydrogen-bond acceptors (Lipinski definition) is 2. The summed E-state index contributed by atoms with van der Waals surface area (Å²) in [6, 6.07) is 16.5. The second-order valence-corrected chi connectivity index (χ2v) is 8.82. The zero-order valence-corrected chi connectivity index (χ0v) is 16.6. The predicted molar refractivity (Wildman–Crippen MR) is 108 cm³/mol. The van der Waals surface area contributed by atoms with E-state index in [0.29, 0.717) is 12.8 Å². The normalized spacial score (nSPS) is 12.0. The van der Waals surface area contributed by atoms with E-state index in [1.54, 1.807) is 24.3 Å². The molecule has 0 fully saturated rings. The Morgan fingerprint density at radius 3 is 1.88 bits per heavy atom. The van der Waals surface area contributed by atoms with Crippen LogP contribution in [0.2, 0.25) is 0 Å². The van der Waals surface area contributed by atoms with Crippen molar-refractivity contribution >= 4 is 10.0 Å². The molecule has 2 aromatic rings. The number of nitrogens with one attached hydrogen (secondary N) is 1. The molecule has 0 saturated carbocycles. The van der Waals surface area contributed by atoms with E-state index >= 15 is 0 Å². The third-order valence-corrected chi connectivity index (χ3v) is 5.75. The van der Waals surface area contributed by atoms with Crippen LogP contribution >= 0.6 is 0 Å². The van der Waals surface area contributed by atoms with Gasteiger partial charge in [-0.3, -0.25) is 0 Å². The zero-order chi connectivity index (χ0) is 19.4. The predicted octanol–water partition coefficient (Wildman–Crippen LogP) is 5.10. The largest absolute Gasteiger partial charge is 0.241 e. The van der Waals surface area contributed by atoms with Crippen LogP contribution in [0.3, 0.4) is 0 Å². The number of hydrogen-bond donors (Lipinski definition) is 1. The molecule has 0 spiro atoms. The summed E-state index contributed by atoms with van der Waals surface area (Å²) >= 11 is 0. The van der Waals surface area contributed by atoms with E-state index < -0.39 is 15.6 Å². The second kappa shape index (κ2) is 8.02. The van der Waals surface area contributed by atoms with Crippen LogP contribution in [0, 0.1) is 6.92 Å². The molecule has 138 valence electrons. The van der Waals surface area contributed by atoms with Crippen LogP contribution in [0.15, 0.2) is 83.8 Å². The molecule has 0 heterocycles. The van der Waals surface area contributed by atoms with Gasteiger partial charge in [-0.2, -0.15) is 4.72 Å². The van der Waals surface area contributed by atoms with Gasteiger partial charge in [-0.05, 0) is 51.3 Å². The number of aryl methyl sites for hydroxylation is 1. The first kappa shape index (κ1) is 20.1. The summed E-state index contributed by atoms with van der Waals surface area (Å²) in [6.07, 6.45) is 0.990. The highest BCUT2D eigenvalue weighted by Gasteiger charge is 2.37. The van der Waals surface area contributed by atoms with Crippen molar-refractivity contribution in [3.05, 3.63) is 90.0 Å². The van der Waals surface area contributed by atoms with Gasteiger partial charge in [0.1, 0.15) is 0 Å². The van der Waals surface area contributed by atoms with Gasteiger partial charge in [-0.15, -0.1) is 13.2 Å². The minimum Gasteiger partial charge on any atom is -0.207 e. The van der Waals surface area contributed by atoms with E-state index in [-0.39, 0.29) is 4.90 Å². The highest BCUT2D eigenvalue weighted by molar-refractivity contribution is 7.89. The number of rotatable bonds is 8. The maximum atomic E-state index is 13.1. The molecular formula is C22H27NO2S. The van der Waals surface area contributed by atoms with Gasteiger partial charge in [0.2, 0.25) is 10.0 Å². The lowest BCUT2D eigenvalue weighted by atomic mass is 9.80. The van der Waals surface area contributed by atoms with E-state index in [1.807, 2.05) is 51.1 Å². The molecule has 0 unspecified atom stereocenters. The lowest BCUT2D eigenvalue weighted by Gasteiger charge is -2.36. The van der Waals surface area contributed by atoms with Gasteiger partial charge in [-0.25, -0.2) is 8.42 Å². The summed E-state index contributed by atoms with van der Waals surface area (Å²) in [7, 11) is -3.71. The summed E-state index contributed by atoms with van der Waals surface area (Å²) in [5.41, 5.74) is 2.91. The minimum atomic E-state index is -3.71. The van der Waals surface area contributed by atoms with E-state index in [2.05, 4.69) is 17.9 Å². The highest BCUT2D eigenvalue weighted by Crippen LogP contribution is 2.35. The first-order valence-electron chi connectivity index (χ1n) is 8.59. The summed E-state index contributed by atoms with van der Waals surface area (Å²) in [5.74, 6) is 0. The zero-order valence-electron chi connectivity index (χ0n) is 15.7. The Labute approximate surface area is 157 Å². The summed E-state index contributed by atoms with van der Waals surface area (Å²) in [4.78, 5) is 0.256. The minimum absolute atomic E-state index is 0.256. The quantitative estimate of drug-likeness (QED) is 0.658. The summed E-state index contributed by atoms with van der Waals surface area (Å²) in [5, 5.41) is 0. The van der Waals surface area contributed by atoms with Crippen molar-refractivity contribution in [3.8, 4) is 0 Å². The van der Waals surface area contributed by atoms with Crippen molar-refractivity contribution in [3.63, 3.8) is 0 Å². The van der Waals surface area contributed by atoms with Gasteiger partial charge in [0.15, 0.2) is 0 Å². The monoisotopic (exact) mass is 369 g/mol. The van der Waals surface area contributed by atoms with Gasteiger partial charge in [0, 0.05) is 0 Å². The third kappa shape index (κ3) is 4.93. The third-order valence-electron chi connectivity index (χ3n) is 4.19. The fourth-order valence-electron chi connectivity index (χ4n) is 3.22. The Kier molecular flexibility index (Phi) is 6.21. The molecule has 1 N–H and O–H groups in total. The molecule has 0 aliphatic heterocycles. The molecule has 0 bridgehead atoms. The van der Waals surface area contributed by atoms with Crippen molar-refractivity contribution in [2.45, 2.75) is 44.0 Å². The van der Waals surface area contributed by atoms with Crippen molar-refractivity contribution in [1.29, 1.82) is 0 Å². The number of sulfonamides is 1. The first-order chi connectivity index (χ1) is 12.1. The van der Waals surface area contributed by atoms with E-state index in [0.717, 1.165) is 22.3 Å². The topological polar surface area (TPSA) is 46.2 Å². The molecule has 0 amide bonds. The molecule has 4 heteroatoms. The molecule has 0 saturated heterocycles. The maximum Gasteiger partial charge on any atom is 0.241 e. The average Bonchev–Trinajstić information content (AvgIpc) is 2.54. The van der Waals surface area contributed by atoms with Crippen molar-refractivity contribution < 1.29 is 8.42 Å². The molecule has 0 radical (unpaired) electrons. The van der Waals surface area contributed by atoms with Gasteiger partial charge < -0.3 is 0 Å². The Morgan fingerprint density at radius 2 is 1.42 bits per heavy atom. The Morgan fingerprint density at radius 1 is 0.923 bits per heavy atom. The molecule has 2 rings (SSSR count). The number of benzene rings is 2. The van der Waals surface area contributed by atoms with Crippen LogP contribution < -0.4 is 4.72 Å². The maximum absolute atomic E-state index is 13.1. The lowest BCUT2D eigenvalue weighted by molar-refractivity contribution is 0.384. The van der Waals surface area contributed by atoms with Crippen LogP contribution in [0.1, 0.15) is 37.8 Å². The SMILES string of the molecule is C=C(C)CC(CC(=C)C)(NS(=O)(=O)c1ccc(C)cc1)c1ccccc1. The highest BCUT2D eigenvalue weighted by atomic mass is 32.2.